The fraction of sp³-hybridized carbons (Fsp3) is 0.529. The third-order valence-corrected chi connectivity index (χ3v) is 3.52. The van der Waals surface area contributed by atoms with Gasteiger partial charge in [0.2, 0.25) is 5.91 Å². The Morgan fingerprint density at radius 1 is 1.26 bits per heavy atom. The van der Waals surface area contributed by atoms with Crippen LogP contribution in [0.15, 0.2) is 30.3 Å². The summed E-state index contributed by atoms with van der Waals surface area (Å²) < 4.78 is 10.3. The smallest absolute Gasteiger partial charge is 0.408 e. The Kier molecular flexibility index (Phi) is 5.98. The molecule has 2 amide bonds. The van der Waals surface area contributed by atoms with Gasteiger partial charge in [-0.15, -0.1) is 0 Å². The van der Waals surface area contributed by atoms with Crippen LogP contribution in [0.2, 0.25) is 0 Å². The summed E-state index contributed by atoms with van der Waals surface area (Å²) in [5, 5.41) is 5.39. The molecule has 0 aliphatic carbocycles. The number of hydrogen-bond donors (Lipinski definition) is 2. The number of amides is 2. The zero-order valence-electron chi connectivity index (χ0n) is 13.7. The molecule has 126 valence electrons. The highest BCUT2D eigenvalue weighted by Crippen LogP contribution is 2.18. The van der Waals surface area contributed by atoms with E-state index in [0.717, 1.165) is 5.56 Å². The molecule has 1 saturated heterocycles. The Morgan fingerprint density at radius 2 is 1.91 bits per heavy atom. The van der Waals surface area contributed by atoms with Gasteiger partial charge in [-0.3, -0.25) is 4.79 Å². The van der Waals surface area contributed by atoms with Crippen LogP contribution in [-0.4, -0.2) is 30.4 Å². The number of rotatable bonds is 7. The van der Waals surface area contributed by atoms with E-state index >= 15 is 0 Å². The molecule has 2 rings (SSSR count). The van der Waals surface area contributed by atoms with Gasteiger partial charge in [-0.1, -0.05) is 44.2 Å². The molecule has 6 nitrogen and oxygen atoms in total. The minimum Gasteiger partial charge on any atom is -0.445 e. The first kappa shape index (κ1) is 17.3. The second-order valence-corrected chi connectivity index (χ2v) is 6.16. The number of epoxide rings is 1. The molecule has 1 fully saturated rings. The van der Waals surface area contributed by atoms with Crippen LogP contribution < -0.4 is 10.6 Å². The van der Waals surface area contributed by atoms with Crippen LogP contribution >= 0.6 is 0 Å². The minimum absolute atomic E-state index is 0.0312. The maximum absolute atomic E-state index is 12.2. The molecule has 3 atom stereocenters. The van der Waals surface area contributed by atoms with Gasteiger partial charge in [0.05, 0.1) is 0 Å². The summed E-state index contributed by atoms with van der Waals surface area (Å²) in [6.07, 6.45) is -0.282. The summed E-state index contributed by atoms with van der Waals surface area (Å²) >= 11 is 0. The van der Waals surface area contributed by atoms with Gasteiger partial charge in [0, 0.05) is 0 Å². The van der Waals surface area contributed by atoms with Crippen molar-refractivity contribution in [1.29, 1.82) is 0 Å². The molecular formula is C17H24N2O4. The fourth-order valence-corrected chi connectivity index (χ4v) is 2.19. The molecule has 2 N–H and O–H groups in total. The average Bonchev–Trinajstić information content (AvgIpc) is 3.20. The Labute approximate surface area is 136 Å². The average molecular weight is 320 g/mol. The van der Waals surface area contributed by atoms with Gasteiger partial charge in [-0.05, 0) is 24.8 Å². The van der Waals surface area contributed by atoms with Gasteiger partial charge in [0.25, 0.3) is 0 Å². The van der Waals surface area contributed by atoms with E-state index in [2.05, 4.69) is 10.6 Å². The lowest BCUT2D eigenvalue weighted by atomic mass is 10.0. The molecule has 0 aromatic heterocycles. The van der Waals surface area contributed by atoms with E-state index in [1.54, 1.807) is 0 Å². The molecule has 1 aromatic rings. The number of hydrogen-bond acceptors (Lipinski definition) is 4. The molecule has 1 aliphatic heterocycles. The molecule has 0 saturated carbocycles. The molecular weight excluding hydrogens is 296 g/mol. The second-order valence-electron chi connectivity index (χ2n) is 6.16. The topological polar surface area (TPSA) is 80.0 Å². The summed E-state index contributed by atoms with van der Waals surface area (Å²) in [4.78, 5) is 24.2. The first-order chi connectivity index (χ1) is 11.0. The summed E-state index contributed by atoms with van der Waals surface area (Å²) in [7, 11) is 0. The Balaban J connectivity index is 1.83. The maximum atomic E-state index is 12.2. The van der Waals surface area contributed by atoms with Crippen molar-refractivity contribution < 1.29 is 19.1 Å². The number of carbonyl (C=O) groups excluding carboxylic acids is 2. The van der Waals surface area contributed by atoms with Crippen LogP contribution in [0.5, 0.6) is 0 Å². The van der Waals surface area contributed by atoms with Gasteiger partial charge >= 0.3 is 6.09 Å². The van der Waals surface area contributed by atoms with E-state index in [-0.39, 0.29) is 30.8 Å². The van der Waals surface area contributed by atoms with E-state index in [4.69, 9.17) is 9.47 Å². The quantitative estimate of drug-likeness (QED) is 0.755. The van der Waals surface area contributed by atoms with Crippen LogP contribution in [0.25, 0.3) is 0 Å². The predicted molar refractivity (Wildman–Crippen MR) is 85.5 cm³/mol. The fourth-order valence-electron chi connectivity index (χ4n) is 2.19. The van der Waals surface area contributed by atoms with Crippen molar-refractivity contribution in [2.24, 2.45) is 5.92 Å². The highest BCUT2D eigenvalue weighted by atomic mass is 16.6. The first-order valence-corrected chi connectivity index (χ1v) is 7.88. The maximum Gasteiger partial charge on any atom is 0.408 e. The van der Waals surface area contributed by atoms with Crippen LogP contribution in [0.3, 0.4) is 0 Å². The van der Waals surface area contributed by atoms with Crippen molar-refractivity contribution >= 4 is 12.0 Å². The van der Waals surface area contributed by atoms with Crippen molar-refractivity contribution in [3.8, 4) is 0 Å². The van der Waals surface area contributed by atoms with Crippen molar-refractivity contribution in [1.82, 2.24) is 10.6 Å². The van der Waals surface area contributed by atoms with Crippen LogP contribution in [0, 0.1) is 5.92 Å². The predicted octanol–water partition coefficient (Wildman–Crippen LogP) is 2.19. The summed E-state index contributed by atoms with van der Waals surface area (Å²) in [6.45, 7) is 6.04. The number of nitrogens with one attached hydrogen (secondary N) is 2. The zero-order chi connectivity index (χ0) is 16.8. The van der Waals surface area contributed by atoms with Crippen molar-refractivity contribution in [2.45, 2.75) is 52.2 Å². The van der Waals surface area contributed by atoms with Crippen molar-refractivity contribution in [2.75, 3.05) is 0 Å². The molecule has 23 heavy (non-hydrogen) atoms. The minimum atomic E-state index is -0.630. The first-order valence-electron chi connectivity index (χ1n) is 7.88. The molecule has 0 spiro atoms. The Hall–Kier alpha value is -2.08. The molecule has 1 heterocycles. The van der Waals surface area contributed by atoms with Gasteiger partial charge in [-0.25, -0.2) is 4.79 Å². The molecule has 0 bridgehead atoms. The number of carbonyl (C=O) groups is 2. The third kappa shape index (κ3) is 5.90. The van der Waals surface area contributed by atoms with Crippen molar-refractivity contribution in [3.05, 3.63) is 35.9 Å². The summed E-state index contributed by atoms with van der Waals surface area (Å²) in [5.41, 5.74) is 0.896. The summed E-state index contributed by atoms with van der Waals surface area (Å²) in [6, 6.07) is 8.77. The van der Waals surface area contributed by atoms with E-state index < -0.39 is 12.1 Å². The Morgan fingerprint density at radius 3 is 2.48 bits per heavy atom. The van der Waals surface area contributed by atoms with Gasteiger partial charge in [0.1, 0.15) is 18.8 Å². The standard InChI is InChI=1S/C17H24N2O4/c1-11(2)9-14(15(20)19-16-12(3)23-16)18-17(21)22-10-13-7-5-4-6-8-13/h4-8,11-12,14,16H,9-10H2,1-3H3,(H,18,21)(H,19,20)/t12?,14-,16?/m0/s1. The number of alkyl carbamates (subject to hydrolysis) is 1. The second kappa shape index (κ2) is 7.97. The lowest BCUT2D eigenvalue weighted by Crippen LogP contribution is -2.48. The van der Waals surface area contributed by atoms with Crippen LogP contribution in [0.4, 0.5) is 4.79 Å². The van der Waals surface area contributed by atoms with E-state index in [0.29, 0.717) is 6.42 Å². The van der Waals surface area contributed by atoms with Crippen LogP contribution in [0.1, 0.15) is 32.8 Å². The third-order valence-electron chi connectivity index (χ3n) is 3.52. The van der Waals surface area contributed by atoms with E-state index in [9.17, 15) is 9.59 Å². The molecule has 1 aromatic carbocycles. The molecule has 1 aliphatic rings. The highest BCUT2D eigenvalue weighted by Gasteiger charge is 2.37. The highest BCUT2D eigenvalue weighted by molar-refractivity contribution is 5.85. The number of benzene rings is 1. The van der Waals surface area contributed by atoms with Crippen molar-refractivity contribution in [3.63, 3.8) is 0 Å². The van der Waals surface area contributed by atoms with Gasteiger partial charge in [0.15, 0.2) is 6.23 Å². The summed E-state index contributed by atoms with van der Waals surface area (Å²) in [5.74, 6) is 0.0161. The van der Waals surface area contributed by atoms with Gasteiger partial charge in [-0.2, -0.15) is 0 Å². The molecule has 2 unspecified atom stereocenters. The zero-order valence-corrected chi connectivity index (χ0v) is 13.7. The number of ether oxygens (including phenoxy) is 2. The lowest BCUT2D eigenvalue weighted by Gasteiger charge is -2.19. The lowest BCUT2D eigenvalue weighted by molar-refractivity contribution is -0.124. The largest absolute Gasteiger partial charge is 0.445 e. The monoisotopic (exact) mass is 320 g/mol. The van der Waals surface area contributed by atoms with Gasteiger partial charge < -0.3 is 20.1 Å². The molecule has 6 heteroatoms. The SMILES string of the molecule is CC(C)C[C@H](NC(=O)OCc1ccccc1)C(=O)NC1OC1C. The molecule has 0 radical (unpaired) electrons. The van der Waals surface area contributed by atoms with Crippen LogP contribution in [-0.2, 0) is 20.9 Å². The Bertz CT molecular complexity index is 533. The van der Waals surface area contributed by atoms with E-state index in [1.165, 1.54) is 0 Å². The normalized spacial score (nSPS) is 20.7. The van der Waals surface area contributed by atoms with E-state index in [1.807, 2.05) is 51.1 Å².